The molecule has 0 saturated carbocycles. The van der Waals surface area contributed by atoms with Crippen LogP contribution in [0.5, 0.6) is 0 Å². The summed E-state index contributed by atoms with van der Waals surface area (Å²) in [5.41, 5.74) is 8.84. The van der Waals surface area contributed by atoms with Crippen molar-refractivity contribution in [2.24, 2.45) is 0 Å². The van der Waals surface area contributed by atoms with E-state index in [4.69, 9.17) is 5.73 Å². The van der Waals surface area contributed by atoms with Crippen molar-refractivity contribution in [1.29, 1.82) is 0 Å². The Morgan fingerprint density at radius 2 is 2.17 bits per heavy atom. The summed E-state index contributed by atoms with van der Waals surface area (Å²) >= 11 is 0. The predicted molar refractivity (Wildman–Crippen MR) is 54.8 cm³/mol. The minimum Gasteiger partial charge on any atom is -0.398 e. The quantitative estimate of drug-likeness (QED) is 0.521. The molecule has 0 unspecified atom stereocenters. The largest absolute Gasteiger partial charge is 0.398 e. The van der Waals surface area contributed by atoms with Crippen LogP contribution in [0, 0.1) is 6.92 Å². The predicted octanol–water partition coefficient (Wildman–Crippen LogP) is 2.78. The first kappa shape index (κ1) is 8.60. The number of allylic oxidation sites excluding steroid dienone is 2. The highest BCUT2D eigenvalue weighted by Crippen LogP contribution is 2.17. The van der Waals surface area contributed by atoms with E-state index < -0.39 is 0 Å². The van der Waals surface area contributed by atoms with Gasteiger partial charge >= 0.3 is 0 Å². The minimum atomic E-state index is 0.843. The van der Waals surface area contributed by atoms with Crippen LogP contribution in [0.2, 0.25) is 0 Å². The summed E-state index contributed by atoms with van der Waals surface area (Å²) in [4.78, 5) is 0. The lowest BCUT2D eigenvalue weighted by Crippen LogP contribution is -1.91. The molecule has 0 aliphatic carbocycles. The molecule has 2 N–H and O–H groups in total. The lowest BCUT2D eigenvalue weighted by Gasteiger charge is -2.02. The van der Waals surface area contributed by atoms with E-state index in [0.29, 0.717) is 0 Å². The highest BCUT2D eigenvalue weighted by Gasteiger charge is 1.95. The number of hydrogen-bond donors (Lipinski definition) is 1. The fourth-order valence-electron chi connectivity index (χ4n) is 1.02. The number of nitrogens with two attached hydrogens (primary N) is 1. The molecule has 1 rings (SSSR count). The van der Waals surface area contributed by atoms with Crippen molar-refractivity contribution in [3.8, 4) is 0 Å². The van der Waals surface area contributed by atoms with Crippen LogP contribution in [-0.4, -0.2) is 0 Å². The first-order chi connectivity index (χ1) is 5.75. The number of anilines is 1. The van der Waals surface area contributed by atoms with Gasteiger partial charge in [0.25, 0.3) is 0 Å². The van der Waals surface area contributed by atoms with Gasteiger partial charge in [0.15, 0.2) is 0 Å². The molecular formula is C11H13N. The average Bonchev–Trinajstić information content (AvgIpc) is 2.08. The minimum absolute atomic E-state index is 0.843. The lowest BCUT2D eigenvalue weighted by atomic mass is 10.1. The molecule has 12 heavy (non-hydrogen) atoms. The Morgan fingerprint density at radius 3 is 2.83 bits per heavy atom. The van der Waals surface area contributed by atoms with E-state index in [2.05, 4.69) is 6.58 Å². The van der Waals surface area contributed by atoms with E-state index in [1.54, 1.807) is 6.08 Å². The first-order valence-electron chi connectivity index (χ1n) is 3.90. The Morgan fingerprint density at radius 1 is 1.42 bits per heavy atom. The summed E-state index contributed by atoms with van der Waals surface area (Å²) in [6, 6.07) is 5.98. The summed E-state index contributed by atoms with van der Waals surface area (Å²) in [5.74, 6) is 0. The van der Waals surface area contributed by atoms with Crippen molar-refractivity contribution in [3.63, 3.8) is 0 Å². The molecule has 1 nitrogen and oxygen atoms in total. The van der Waals surface area contributed by atoms with Crippen molar-refractivity contribution < 1.29 is 0 Å². The molecule has 0 radical (unpaired) electrons. The number of hydrogen-bond acceptors (Lipinski definition) is 1. The highest BCUT2D eigenvalue weighted by molar-refractivity contribution is 5.67. The van der Waals surface area contributed by atoms with Crippen LogP contribution in [0.15, 0.2) is 36.9 Å². The molecule has 0 aliphatic heterocycles. The van der Waals surface area contributed by atoms with Gasteiger partial charge in [-0.05, 0) is 18.1 Å². The molecule has 0 bridgehead atoms. The smallest absolute Gasteiger partial charge is 0.0417 e. The van der Waals surface area contributed by atoms with Gasteiger partial charge in [-0.25, -0.2) is 0 Å². The first-order valence-corrected chi connectivity index (χ1v) is 3.90. The summed E-state index contributed by atoms with van der Waals surface area (Å²) in [5, 5.41) is 0. The Hall–Kier alpha value is -1.50. The number of nitrogen functional groups attached to an aromatic ring is 1. The summed E-state index contributed by atoms with van der Waals surface area (Å²) in [6.45, 7) is 5.60. The van der Waals surface area contributed by atoms with Crippen LogP contribution in [-0.2, 0) is 0 Å². The number of rotatable bonds is 2. The topological polar surface area (TPSA) is 26.0 Å². The van der Waals surface area contributed by atoms with E-state index in [0.717, 1.165) is 16.8 Å². The Balaban J connectivity index is 3.07. The van der Waals surface area contributed by atoms with Gasteiger partial charge in [0.2, 0.25) is 0 Å². The van der Waals surface area contributed by atoms with Crippen LogP contribution in [0.1, 0.15) is 11.1 Å². The van der Waals surface area contributed by atoms with Crippen molar-refractivity contribution in [1.82, 2.24) is 0 Å². The van der Waals surface area contributed by atoms with Crippen LogP contribution in [0.4, 0.5) is 5.69 Å². The summed E-state index contributed by atoms with van der Waals surface area (Å²) in [6.07, 6.45) is 5.57. The van der Waals surface area contributed by atoms with E-state index in [-0.39, 0.29) is 0 Å². The third kappa shape index (κ3) is 1.76. The highest BCUT2D eigenvalue weighted by atomic mass is 14.6. The molecule has 0 saturated heterocycles. The maximum atomic E-state index is 5.84. The van der Waals surface area contributed by atoms with Gasteiger partial charge < -0.3 is 5.73 Å². The Kier molecular flexibility index (Phi) is 2.70. The molecular weight excluding hydrogens is 146 g/mol. The average molecular weight is 159 g/mol. The van der Waals surface area contributed by atoms with Crippen molar-refractivity contribution >= 4 is 11.8 Å². The maximum absolute atomic E-state index is 5.84. The molecule has 0 atom stereocenters. The molecule has 62 valence electrons. The van der Waals surface area contributed by atoms with Crippen molar-refractivity contribution in [3.05, 3.63) is 48.1 Å². The monoisotopic (exact) mass is 159 g/mol. The molecule has 1 heteroatoms. The number of para-hydroxylation sites is 1. The van der Waals surface area contributed by atoms with Gasteiger partial charge in [-0.15, -0.1) is 0 Å². The van der Waals surface area contributed by atoms with Crippen molar-refractivity contribution in [2.45, 2.75) is 6.92 Å². The Bertz CT molecular complexity index is 311. The molecule has 0 amide bonds. The molecule has 0 aliphatic rings. The van der Waals surface area contributed by atoms with Gasteiger partial charge in [0.1, 0.15) is 0 Å². The van der Waals surface area contributed by atoms with Gasteiger partial charge in [0.05, 0.1) is 0 Å². The molecule has 0 fully saturated rings. The van der Waals surface area contributed by atoms with Gasteiger partial charge in [-0.1, -0.05) is 43.0 Å². The van der Waals surface area contributed by atoms with E-state index in [1.165, 1.54) is 0 Å². The van der Waals surface area contributed by atoms with Crippen LogP contribution in [0.25, 0.3) is 6.08 Å². The maximum Gasteiger partial charge on any atom is 0.0417 e. The zero-order chi connectivity index (χ0) is 8.97. The van der Waals surface area contributed by atoms with E-state index >= 15 is 0 Å². The van der Waals surface area contributed by atoms with Crippen molar-refractivity contribution in [2.75, 3.05) is 5.73 Å². The van der Waals surface area contributed by atoms with Gasteiger partial charge in [-0.2, -0.15) is 0 Å². The second kappa shape index (κ2) is 3.77. The number of benzene rings is 1. The molecule has 0 heterocycles. The zero-order valence-corrected chi connectivity index (χ0v) is 7.25. The second-order valence-electron chi connectivity index (χ2n) is 2.67. The van der Waals surface area contributed by atoms with Crippen LogP contribution in [0.3, 0.4) is 0 Å². The zero-order valence-electron chi connectivity index (χ0n) is 7.25. The fourth-order valence-corrected chi connectivity index (χ4v) is 1.02. The van der Waals surface area contributed by atoms with Gasteiger partial charge in [0, 0.05) is 5.69 Å². The number of aryl methyl sites for hydroxylation is 1. The Labute approximate surface area is 73.2 Å². The lowest BCUT2D eigenvalue weighted by molar-refractivity contribution is 1.46. The van der Waals surface area contributed by atoms with Crippen LogP contribution < -0.4 is 5.73 Å². The third-order valence-electron chi connectivity index (χ3n) is 1.77. The van der Waals surface area contributed by atoms with Crippen LogP contribution >= 0.6 is 0 Å². The summed E-state index contributed by atoms with van der Waals surface area (Å²) < 4.78 is 0. The SMILES string of the molecule is C=C/C=C\c1cccc(C)c1N. The summed E-state index contributed by atoms with van der Waals surface area (Å²) in [7, 11) is 0. The molecule has 0 spiro atoms. The molecule has 0 aromatic heterocycles. The van der Waals surface area contributed by atoms with Gasteiger partial charge in [-0.3, -0.25) is 0 Å². The molecule has 1 aromatic rings. The van der Waals surface area contributed by atoms with E-state index in [1.807, 2.05) is 37.3 Å². The molecule has 1 aromatic carbocycles. The fraction of sp³-hybridized carbons (Fsp3) is 0.0909. The van der Waals surface area contributed by atoms with E-state index in [9.17, 15) is 0 Å². The second-order valence-corrected chi connectivity index (χ2v) is 2.67. The third-order valence-corrected chi connectivity index (χ3v) is 1.77. The normalized spacial score (nSPS) is 10.4. The standard InChI is InChI=1S/C11H13N/c1-3-4-7-10-8-5-6-9(2)11(10)12/h3-8H,1,12H2,2H3/b7-4-.